The zero-order valence-corrected chi connectivity index (χ0v) is 29.6. The van der Waals surface area contributed by atoms with Crippen molar-refractivity contribution >= 4 is 68.4 Å². The summed E-state index contributed by atoms with van der Waals surface area (Å²) in [6.45, 7) is 5.61. The Kier molecular flexibility index (Phi) is 12.9. The molecule has 278 valence electrons. The Balaban J connectivity index is 0.000000250. The normalized spacial score (nSPS) is 10.9. The maximum atomic E-state index is 12.0. The summed E-state index contributed by atoms with van der Waals surface area (Å²) in [4.78, 5) is 52.7. The number of primary amides is 3. The monoisotopic (exact) mass is 736 g/mol. The fourth-order valence-electron chi connectivity index (χ4n) is 5.46. The van der Waals surface area contributed by atoms with Crippen molar-refractivity contribution in [3.8, 4) is 12.1 Å². The summed E-state index contributed by atoms with van der Waals surface area (Å²) in [5, 5.41) is 29.5. The third-order valence-corrected chi connectivity index (χ3v) is 8.10. The van der Waals surface area contributed by atoms with Gasteiger partial charge >= 0.3 is 0 Å². The molecule has 15 nitrogen and oxygen atoms in total. The molecule has 2 aromatic carbocycles. The van der Waals surface area contributed by atoms with Crippen LogP contribution in [0.2, 0.25) is 0 Å². The minimum Gasteiger partial charge on any atom is -0.368 e. The molecule has 4 heterocycles. The molecule has 1 atom stereocenters. The average Bonchev–Trinajstić information content (AvgIpc) is 3.14. The van der Waals surface area contributed by atoms with Gasteiger partial charge in [-0.3, -0.25) is 24.4 Å². The molecule has 0 aliphatic heterocycles. The molecular formula is C40H40N12O3. The van der Waals surface area contributed by atoms with Gasteiger partial charge in [0.05, 0.1) is 39.0 Å². The number of nitrogens with one attached hydrogen (secondary N) is 3. The van der Waals surface area contributed by atoms with Crippen LogP contribution in [-0.4, -0.2) is 43.7 Å². The van der Waals surface area contributed by atoms with Crippen LogP contribution in [0.1, 0.15) is 65.2 Å². The number of nitrogens with zero attached hydrogens (tertiary/aromatic N) is 6. The quantitative estimate of drug-likeness (QED) is 0.0902. The molecule has 0 bridgehead atoms. The Morgan fingerprint density at radius 1 is 0.709 bits per heavy atom. The predicted octanol–water partition coefficient (Wildman–Crippen LogP) is 5.94. The SMILES string of the molecule is C.CC(C)C[C@@H](Nc1nc(Nc2ccc3ncccc3c2)c(C(N)=O)cc1C#N)C(N)=O.Cc1nc(Nc2ccc3ncccc3c2)c(C(N)=O)cc1C#N. The van der Waals surface area contributed by atoms with Crippen molar-refractivity contribution in [3.05, 3.63) is 113 Å². The average molecular weight is 737 g/mol. The fraction of sp³-hybridized carbons (Fsp3) is 0.175. The van der Waals surface area contributed by atoms with Gasteiger partial charge in [0.1, 0.15) is 35.6 Å². The standard InChI is InChI=1S/C22H23N7O2.C17H13N5O.CH4/c1-12(2)8-18(20(25)31)28-21-14(11-23)10-16(19(24)30)22(29-21)27-15-5-6-17-13(9-15)4-3-7-26-17;1-10-12(9-18)8-14(16(19)23)17(21-10)22-13-4-5-15-11(7-13)3-2-6-20-15;/h3-7,9-10,12,18H,8H2,1-2H3,(H2,24,30)(H2,25,31)(H2,27,28,29);2-8H,1H3,(H2,19,23)(H,21,22);1H4/t18-;;/m1../s1. The number of anilines is 5. The van der Waals surface area contributed by atoms with Gasteiger partial charge in [-0.2, -0.15) is 10.5 Å². The molecule has 55 heavy (non-hydrogen) atoms. The number of nitriles is 2. The molecule has 0 unspecified atom stereocenters. The van der Waals surface area contributed by atoms with Gasteiger partial charge in [0.15, 0.2) is 0 Å². The molecule has 0 fully saturated rings. The molecule has 0 radical (unpaired) electrons. The lowest BCUT2D eigenvalue weighted by molar-refractivity contribution is -0.119. The lowest BCUT2D eigenvalue weighted by Gasteiger charge is -2.20. The van der Waals surface area contributed by atoms with Crippen LogP contribution < -0.4 is 33.2 Å². The van der Waals surface area contributed by atoms with Crippen molar-refractivity contribution in [2.24, 2.45) is 23.1 Å². The van der Waals surface area contributed by atoms with Gasteiger partial charge in [-0.05, 0) is 79.9 Å². The van der Waals surface area contributed by atoms with Crippen molar-refractivity contribution in [2.45, 2.75) is 40.7 Å². The van der Waals surface area contributed by atoms with E-state index in [1.54, 1.807) is 25.4 Å². The summed E-state index contributed by atoms with van der Waals surface area (Å²) in [5.41, 5.74) is 20.7. The second kappa shape index (κ2) is 17.7. The number of pyridine rings is 4. The maximum Gasteiger partial charge on any atom is 0.252 e. The van der Waals surface area contributed by atoms with Gasteiger partial charge in [0.2, 0.25) is 5.91 Å². The smallest absolute Gasteiger partial charge is 0.252 e. The van der Waals surface area contributed by atoms with Crippen molar-refractivity contribution in [3.63, 3.8) is 0 Å². The number of aryl methyl sites for hydroxylation is 1. The molecule has 0 saturated heterocycles. The van der Waals surface area contributed by atoms with Gasteiger partial charge in [-0.1, -0.05) is 33.4 Å². The van der Waals surface area contributed by atoms with Crippen molar-refractivity contribution in [1.82, 2.24) is 19.9 Å². The van der Waals surface area contributed by atoms with Gasteiger partial charge in [-0.25, -0.2) is 9.97 Å². The number of hydrogen-bond acceptors (Lipinski definition) is 12. The van der Waals surface area contributed by atoms with E-state index in [-0.39, 0.29) is 41.7 Å². The Hall–Kier alpha value is -7.65. The zero-order chi connectivity index (χ0) is 38.9. The maximum absolute atomic E-state index is 12.0. The first-order chi connectivity index (χ1) is 25.9. The van der Waals surface area contributed by atoms with Crippen LogP contribution in [0.25, 0.3) is 21.8 Å². The molecule has 9 N–H and O–H groups in total. The first kappa shape index (κ1) is 40.1. The summed E-state index contributed by atoms with van der Waals surface area (Å²) in [6, 6.07) is 24.7. The summed E-state index contributed by atoms with van der Waals surface area (Å²) in [7, 11) is 0. The number of carbonyl (C=O) groups is 3. The Bertz CT molecular complexity index is 2490. The second-order valence-electron chi connectivity index (χ2n) is 12.6. The number of rotatable bonds is 11. The van der Waals surface area contributed by atoms with Gasteiger partial charge in [0, 0.05) is 34.5 Å². The fourth-order valence-corrected chi connectivity index (χ4v) is 5.46. The highest BCUT2D eigenvalue weighted by atomic mass is 16.2. The van der Waals surface area contributed by atoms with E-state index in [0.29, 0.717) is 29.2 Å². The van der Waals surface area contributed by atoms with E-state index in [4.69, 9.17) is 22.5 Å². The van der Waals surface area contributed by atoms with E-state index in [1.165, 1.54) is 12.1 Å². The minimum atomic E-state index is -0.742. The molecule has 0 saturated carbocycles. The molecule has 6 aromatic rings. The van der Waals surface area contributed by atoms with Gasteiger partial charge < -0.3 is 33.2 Å². The number of aromatic nitrogens is 4. The Morgan fingerprint density at radius 3 is 1.65 bits per heavy atom. The van der Waals surface area contributed by atoms with Crippen LogP contribution in [0, 0.1) is 35.5 Å². The molecule has 3 amide bonds. The van der Waals surface area contributed by atoms with E-state index < -0.39 is 23.8 Å². The topological polar surface area (TPSA) is 264 Å². The Morgan fingerprint density at radius 2 is 1.20 bits per heavy atom. The van der Waals surface area contributed by atoms with Crippen LogP contribution in [-0.2, 0) is 4.79 Å². The van der Waals surface area contributed by atoms with Gasteiger partial charge in [-0.15, -0.1) is 0 Å². The number of nitrogens with two attached hydrogens (primary N) is 3. The summed E-state index contributed by atoms with van der Waals surface area (Å²) in [5.74, 6) is -1.13. The second-order valence-corrected chi connectivity index (χ2v) is 12.6. The minimum absolute atomic E-state index is 0. The number of carbonyl (C=O) groups excluding carboxylic acids is 3. The van der Waals surface area contributed by atoms with E-state index in [0.717, 1.165) is 27.5 Å². The zero-order valence-electron chi connectivity index (χ0n) is 29.6. The van der Waals surface area contributed by atoms with Crippen LogP contribution in [0.5, 0.6) is 0 Å². The van der Waals surface area contributed by atoms with Crippen molar-refractivity contribution < 1.29 is 14.4 Å². The van der Waals surface area contributed by atoms with E-state index in [2.05, 4.69) is 35.9 Å². The predicted molar refractivity (Wildman–Crippen MR) is 213 cm³/mol. The highest BCUT2D eigenvalue weighted by molar-refractivity contribution is 6.00. The molecule has 0 aliphatic carbocycles. The lowest BCUT2D eigenvalue weighted by Crippen LogP contribution is -2.37. The molecule has 0 aliphatic rings. The number of hydrogen-bond donors (Lipinski definition) is 6. The van der Waals surface area contributed by atoms with Crippen LogP contribution in [0.4, 0.5) is 28.8 Å². The number of benzene rings is 2. The molecule has 6 rings (SSSR count). The summed E-state index contributed by atoms with van der Waals surface area (Å²) >= 11 is 0. The molecule has 15 heteroatoms. The van der Waals surface area contributed by atoms with Crippen LogP contribution in [0.15, 0.2) is 85.2 Å². The highest BCUT2D eigenvalue weighted by Gasteiger charge is 2.22. The van der Waals surface area contributed by atoms with E-state index in [9.17, 15) is 19.6 Å². The van der Waals surface area contributed by atoms with E-state index >= 15 is 0 Å². The Labute approximate surface area is 317 Å². The largest absolute Gasteiger partial charge is 0.368 e. The van der Waals surface area contributed by atoms with Crippen molar-refractivity contribution in [2.75, 3.05) is 16.0 Å². The van der Waals surface area contributed by atoms with Gasteiger partial charge in [0.25, 0.3) is 11.8 Å². The first-order valence-electron chi connectivity index (χ1n) is 16.6. The molecule has 4 aromatic heterocycles. The lowest BCUT2D eigenvalue weighted by atomic mass is 10.0. The highest BCUT2D eigenvalue weighted by Crippen LogP contribution is 2.28. The first-order valence-corrected chi connectivity index (χ1v) is 16.6. The third kappa shape index (κ3) is 9.82. The van der Waals surface area contributed by atoms with Crippen LogP contribution in [0.3, 0.4) is 0 Å². The summed E-state index contributed by atoms with van der Waals surface area (Å²) < 4.78 is 0. The van der Waals surface area contributed by atoms with Crippen LogP contribution >= 0.6 is 0 Å². The van der Waals surface area contributed by atoms with Crippen molar-refractivity contribution in [1.29, 1.82) is 10.5 Å². The molecular weight excluding hydrogens is 697 g/mol. The number of fused-ring (bicyclic) bond motifs is 2. The third-order valence-electron chi connectivity index (χ3n) is 8.10. The molecule has 0 spiro atoms. The summed E-state index contributed by atoms with van der Waals surface area (Å²) in [6.07, 6.45) is 3.89. The van der Waals surface area contributed by atoms with E-state index in [1.807, 2.05) is 80.6 Å². The number of amides is 3.